The third-order valence-electron chi connectivity index (χ3n) is 26.0. The quantitative estimate of drug-likeness (QED) is 0.0501. The lowest BCUT2D eigenvalue weighted by Gasteiger charge is -2.37. The number of fused-ring (bicyclic) bond motifs is 4. The van der Waals surface area contributed by atoms with E-state index in [9.17, 15) is 72.8 Å². The van der Waals surface area contributed by atoms with E-state index >= 15 is 0 Å². The Kier molecular flexibility index (Phi) is 31.7. The molecule has 10 aromatic carbocycles. The number of nitrogens with one attached hydrogen (secondary N) is 3. The van der Waals surface area contributed by atoms with Crippen LogP contribution in [-0.4, -0.2) is 230 Å². The van der Waals surface area contributed by atoms with Crippen molar-refractivity contribution in [3.63, 3.8) is 0 Å². The average molecular weight is 2040 g/mol. The van der Waals surface area contributed by atoms with Gasteiger partial charge >= 0.3 is 5.97 Å². The van der Waals surface area contributed by atoms with Crippen molar-refractivity contribution in [3.05, 3.63) is 364 Å². The molecule has 4 aliphatic heterocycles. The maximum Gasteiger partial charge on any atom is 0.345 e. The number of carbonyl (C=O) groups excluding carboxylic acids is 5. The second-order valence-corrected chi connectivity index (χ2v) is 41.5. The third-order valence-corrected chi connectivity index (χ3v) is 30.9. The summed E-state index contributed by atoms with van der Waals surface area (Å²) in [5, 5.41) is 4.95. The molecule has 15 aromatic rings. The number of hydrogen-bond donors (Lipinski definition) is 3. The molecule has 0 radical (unpaired) electrons. The van der Waals surface area contributed by atoms with E-state index in [1.54, 1.807) is 125 Å². The predicted molar refractivity (Wildman–Crippen MR) is 567 cm³/mol. The number of carbonyl (C=O) groups is 5. The number of hydrogen-bond acceptors (Lipinski definition) is 22. The number of sulfonamides is 3. The number of benzene rings is 10. The van der Waals surface area contributed by atoms with Crippen molar-refractivity contribution < 1.29 is 58.4 Å². The molecule has 3 N–H and O–H groups in total. The van der Waals surface area contributed by atoms with Crippen LogP contribution >= 0.6 is 11.3 Å². The van der Waals surface area contributed by atoms with Crippen LogP contribution in [0.25, 0.3) is 43.6 Å². The van der Waals surface area contributed by atoms with Crippen molar-refractivity contribution in [1.29, 1.82) is 0 Å². The highest BCUT2D eigenvalue weighted by molar-refractivity contribution is 7.93. The van der Waals surface area contributed by atoms with Crippen molar-refractivity contribution in [3.8, 4) is 0 Å². The van der Waals surface area contributed by atoms with E-state index in [2.05, 4.69) is 19.1 Å². The van der Waals surface area contributed by atoms with Crippen LogP contribution in [0.15, 0.2) is 318 Å². The highest BCUT2D eigenvalue weighted by Crippen LogP contribution is 2.40. The van der Waals surface area contributed by atoms with Gasteiger partial charge in [-0.05, 0) is 162 Å². The summed E-state index contributed by atoms with van der Waals surface area (Å²) in [7, 11) is -3.14. The largest absolute Gasteiger partial charge is 0.462 e. The molecule has 4 amide bonds. The molecule has 0 atom stereocenters. The van der Waals surface area contributed by atoms with E-state index in [4.69, 9.17) is 4.74 Å². The molecule has 9 heterocycles. The van der Waals surface area contributed by atoms with E-state index in [0.717, 1.165) is 45.6 Å². The van der Waals surface area contributed by atoms with Crippen molar-refractivity contribution in [2.45, 2.75) is 41.5 Å². The Morgan fingerprint density at radius 1 is 0.359 bits per heavy atom. The summed E-state index contributed by atoms with van der Waals surface area (Å²) in [5.41, 5.74) is 5.98. The number of rotatable bonds is 23. The van der Waals surface area contributed by atoms with Crippen molar-refractivity contribution >= 4 is 154 Å². The van der Waals surface area contributed by atoms with E-state index in [1.165, 1.54) is 85.7 Å². The molecule has 0 aliphatic carbocycles. The molecular weight excluding hydrogens is 1920 g/mol. The number of esters is 1. The van der Waals surface area contributed by atoms with Crippen LogP contribution < -0.4 is 56.0 Å². The SMILES string of the molecule is CCOC(=O)c1c(N2CCN(C(=O)c3ccc(F)cc3)CC2)c2ccccc2n(CCCN(C)C)c1=O.Cc1ccc(S(=O)(=O)Nc2c(N3CCN(C(=O)c4ccccc4)CC3)c3ccccc3n(C)c2=O)cc1.Cn1c(=O)c(NS(=O)(=O)c2ccccc2)c(N2CCN(C(=O)c3ccccc3)CC2)c2ccccc21.Cn1c(=O)c(NS(=O)(=O)c2ccccc2)c(N2CCN(C(=O)c3cccs3)CC2)c2ccccc21. The number of piperazine rings is 4. The minimum Gasteiger partial charge on any atom is -0.462 e. The zero-order valence-electron chi connectivity index (χ0n) is 81.1. The van der Waals surface area contributed by atoms with E-state index in [0.29, 0.717) is 172 Å². The predicted octanol–water partition coefficient (Wildman–Crippen LogP) is 13.5. The lowest BCUT2D eigenvalue weighted by Crippen LogP contribution is -2.49. The number of para-hydroxylation sites is 4. The maximum absolute atomic E-state index is 13.8. The zero-order chi connectivity index (χ0) is 103. The summed E-state index contributed by atoms with van der Waals surface area (Å²) in [4.78, 5) is 137. The first-order chi connectivity index (χ1) is 69.8. The second-order valence-electron chi connectivity index (χ2n) is 35.5. The Labute approximate surface area is 842 Å². The first kappa shape index (κ1) is 102. The van der Waals surface area contributed by atoms with Gasteiger partial charge in [0.2, 0.25) is 0 Å². The molecule has 19 rings (SSSR count). The van der Waals surface area contributed by atoms with Crippen LogP contribution in [-0.2, 0) is 62.5 Å². The normalized spacial score (nSPS) is 14.1. The van der Waals surface area contributed by atoms with Gasteiger partial charge in [0.15, 0.2) is 0 Å². The summed E-state index contributed by atoms with van der Waals surface area (Å²) in [6.07, 6.45) is 0.753. The van der Waals surface area contributed by atoms with Gasteiger partial charge in [0.1, 0.15) is 28.4 Å². The Morgan fingerprint density at radius 2 is 0.669 bits per heavy atom. The first-order valence-corrected chi connectivity index (χ1v) is 52.8. The number of aryl methyl sites for hydroxylation is 5. The van der Waals surface area contributed by atoms with Crippen LogP contribution in [0, 0.1) is 12.7 Å². The van der Waals surface area contributed by atoms with Crippen LogP contribution in [0.2, 0.25) is 0 Å². The molecule has 37 heteroatoms. The van der Waals surface area contributed by atoms with E-state index in [-0.39, 0.29) is 73.1 Å². The van der Waals surface area contributed by atoms with Gasteiger partial charge in [0, 0.05) is 171 Å². The van der Waals surface area contributed by atoms with Crippen LogP contribution in [0.5, 0.6) is 0 Å². The standard InChI is InChI=1S/C28H33FN4O4.C28H28N4O4S.C27H26N4O4S.C25H24N4O4S2/c1-4-37-28(36)24-25(22-8-5-6-9-23(22)33(27(24)35)15-7-14-30(2)3)31-16-18-32(19-17-31)26(34)20-10-12-21(29)13-11-20;1-20-12-14-22(15-13-20)37(35,36)29-25-26(23-10-6-7-11-24(23)30(2)28(25)34)31-16-18-32(19-17-31)27(33)21-8-4-3-5-9-21;1-29-23-15-9-8-14-22(23)25(24(27(29)33)28-36(34,35)21-12-6-3-7-13-21)30-16-18-31(19-17-30)26(32)20-10-4-2-5-11-20;1-27-20-11-6-5-10-19(20)23(22(25(27)31)26-35(32,33)18-8-3-2-4-9-18)28-13-15-29(16-14-28)24(30)21-12-7-17-34-21/h5-6,8-13H,4,7,14-19H2,1-3H3;3-15,29H,16-19H2,1-2H3;2-15,28H,16-19H2,1H3;2-12,17,26H,13-16H2,1H3. The summed E-state index contributed by atoms with van der Waals surface area (Å²) in [5.74, 6) is -1.32. The number of halogens is 1. The molecule has 0 unspecified atom stereocenters. The summed E-state index contributed by atoms with van der Waals surface area (Å²) >= 11 is 1.41. The minimum atomic E-state index is -4.01. The first-order valence-electron chi connectivity index (χ1n) is 47.4. The van der Waals surface area contributed by atoms with Crippen molar-refractivity contribution in [1.82, 2.24) is 42.8 Å². The number of aromatic nitrogens is 4. The molecule has 4 fully saturated rings. The summed E-state index contributed by atoms with van der Waals surface area (Å²) in [6, 6.07) is 79.8. The molecule has 32 nitrogen and oxygen atoms in total. The lowest BCUT2D eigenvalue weighted by atomic mass is 10.1. The van der Waals surface area contributed by atoms with E-state index in [1.807, 2.05) is 192 Å². The fourth-order valence-electron chi connectivity index (χ4n) is 18.5. The van der Waals surface area contributed by atoms with Crippen molar-refractivity contribution in [2.24, 2.45) is 21.1 Å². The van der Waals surface area contributed by atoms with Crippen LogP contribution in [0.1, 0.15) is 70.0 Å². The van der Waals surface area contributed by atoms with Crippen molar-refractivity contribution in [2.75, 3.05) is 166 Å². The van der Waals surface area contributed by atoms with Gasteiger partial charge in [-0.25, -0.2) is 34.4 Å². The smallest absolute Gasteiger partial charge is 0.345 e. The molecule has 4 aliphatic rings. The molecule has 5 aromatic heterocycles. The van der Waals surface area contributed by atoms with Gasteiger partial charge in [-0.2, -0.15) is 0 Å². The third kappa shape index (κ3) is 22.6. The average Bonchev–Trinajstić information content (AvgIpc) is 0.881. The molecule has 0 bridgehead atoms. The highest BCUT2D eigenvalue weighted by atomic mass is 32.2. The number of thiophene rings is 1. The second kappa shape index (κ2) is 44.9. The van der Waals surface area contributed by atoms with Crippen LogP contribution in [0.4, 0.5) is 44.2 Å². The van der Waals surface area contributed by atoms with Gasteiger partial charge < -0.3 is 67.1 Å². The number of anilines is 7. The van der Waals surface area contributed by atoms with Gasteiger partial charge in [-0.3, -0.25) is 52.5 Å². The summed E-state index contributed by atoms with van der Waals surface area (Å²) in [6.45, 7) is 12.2. The molecule has 0 spiro atoms. The highest BCUT2D eigenvalue weighted by Gasteiger charge is 2.36. The number of ether oxygens (including phenoxy) is 1. The Hall–Kier alpha value is -15.6. The Balaban J connectivity index is 0.000000138. The Bertz CT molecular complexity index is 7940. The number of pyridine rings is 4. The topological polar surface area (TPSA) is 350 Å². The zero-order valence-corrected chi connectivity index (χ0v) is 84.4. The van der Waals surface area contributed by atoms with Gasteiger partial charge in [-0.1, -0.05) is 169 Å². The minimum absolute atomic E-state index is 0.00267. The van der Waals surface area contributed by atoms with Crippen LogP contribution in [0.3, 0.4) is 0 Å². The Morgan fingerprint density at radius 3 is 1.01 bits per heavy atom. The van der Waals surface area contributed by atoms with Gasteiger partial charge in [0.05, 0.1) is 71.0 Å². The number of amides is 4. The monoisotopic (exact) mass is 2030 g/mol. The maximum atomic E-state index is 13.8. The molecule has 145 heavy (non-hydrogen) atoms. The fourth-order valence-corrected chi connectivity index (χ4v) is 22.4. The van der Waals surface area contributed by atoms with Gasteiger partial charge in [0.25, 0.3) is 75.9 Å². The molecule has 0 saturated carbocycles. The molecular formula is C108H111FN16O16S4. The molecule has 4 saturated heterocycles. The lowest BCUT2D eigenvalue weighted by molar-refractivity contribution is 0.0522. The fraction of sp³-hybridized carbons (Fsp3) is 0.250. The molecule has 750 valence electrons. The number of nitrogens with zero attached hydrogens (tertiary/aromatic N) is 13. The van der Waals surface area contributed by atoms with Gasteiger partial charge in [-0.15, -0.1) is 11.3 Å². The summed E-state index contributed by atoms with van der Waals surface area (Å²) < 4.78 is 112. The van der Waals surface area contributed by atoms with E-state index < -0.39 is 58.5 Å².